The van der Waals surface area contributed by atoms with Crippen molar-refractivity contribution >= 4 is 22.6 Å². The van der Waals surface area contributed by atoms with Crippen molar-refractivity contribution in [3.8, 4) is 0 Å². The number of carboxylic acid groups (broad SMARTS) is 1. The second kappa shape index (κ2) is 9.26. The Morgan fingerprint density at radius 2 is 1.26 bits per heavy atom. The number of fused-ring (bicyclic) bond motifs is 1. The Hall–Kier alpha value is -3.92. The maximum Gasteiger partial charge on any atom is 0.326 e. The molecular weight excluding hydrogens is 386 g/mol. The SMILES string of the molecule is O=C(N[C@H](Cc1ccc2ccccc2c1)C(=O)O)C(c1ccccc1)c1ccccc1. The summed E-state index contributed by atoms with van der Waals surface area (Å²) in [5, 5.41) is 14.7. The summed E-state index contributed by atoms with van der Waals surface area (Å²) in [5.41, 5.74) is 2.50. The zero-order valence-electron chi connectivity index (χ0n) is 16.9. The predicted molar refractivity (Wildman–Crippen MR) is 122 cm³/mol. The number of amides is 1. The number of benzene rings is 4. The van der Waals surface area contributed by atoms with E-state index in [4.69, 9.17) is 0 Å². The van der Waals surface area contributed by atoms with E-state index in [1.54, 1.807) is 0 Å². The van der Waals surface area contributed by atoms with Crippen LogP contribution in [0.1, 0.15) is 22.6 Å². The fraction of sp³-hybridized carbons (Fsp3) is 0.111. The lowest BCUT2D eigenvalue weighted by Crippen LogP contribution is -2.44. The molecule has 1 amide bonds. The van der Waals surface area contributed by atoms with Crippen LogP contribution < -0.4 is 5.32 Å². The summed E-state index contributed by atoms with van der Waals surface area (Å²) in [7, 11) is 0. The maximum atomic E-state index is 13.3. The molecule has 0 radical (unpaired) electrons. The highest BCUT2D eigenvalue weighted by Gasteiger charge is 2.27. The Bertz CT molecular complexity index is 1150. The number of carbonyl (C=O) groups is 2. The second-order valence-electron chi connectivity index (χ2n) is 7.54. The molecule has 4 heteroatoms. The number of carbonyl (C=O) groups excluding carboxylic acids is 1. The van der Waals surface area contributed by atoms with Crippen molar-refractivity contribution < 1.29 is 14.7 Å². The smallest absolute Gasteiger partial charge is 0.326 e. The van der Waals surface area contributed by atoms with Gasteiger partial charge in [0.05, 0.1) is 5.92 Å². The molecule has 0 aliphatic carbocycles. The van der Waals surface area contributed by atoms with Gasteiger partial charge < -0.3 is 10.4 Å². The molecule has 1 atom stereocenters. The van der Waals surface area contributed by atoms with Crippen LogP contribution in [0.5, 0.6) is 0 Å². The van der Waals surface area contributed by atoms with Crippen molar-refractivity contribution in [2.24, 2.45) is 0 Å². The first-order chi connectivity index (χ1) is 15.1. The molecule has 0 saturated heterocycles. The Morgan fingerprint density at radius 3 is 1.84 bits per heavy atom. The highest BCUT2D eigenvalue weighted by molar-refractivity contribution is 5.91. The van der Waals surface area contributed by atoms with Crippen LogP contribution in [0, 0.1) is 0 Å². The van der Waals surface area contributed by atoms with Crippen molar-refractivity contribution in [1.29, 1.82) is 0 Å². The van der Waals surface area contributed by atoms with Gasteiger partial charge in [0.1, 0.15) is 6.04 Å². The van der Waals surface area contributed by atoms with E-state index in [9.17, 15) is 14.7 Å². The molecule has 4 rings (SSSR count). The monoisotopic (exact) mass is 409 g/mol. The molecule has 0 heterocycles. The van der Waals surface area contributed by atoms with Crippen LogP contribution in [0.3, 0.4) is 0 Å². The molecule has 0 unspecified atom stereocenters. The minimum absolute atomic E-state index is 0.211. The molecule has 4 nitrogen and oxygen atoms in total. The van der Waals surface area contributed by atoms with E-state index in [1.807, 2.05) is 103 Å². The number of rotatable bonds is 7. The first-order valence-electron chi connectivity index (χ1n) is 10.2. The average molecular weight is 409 g/mol. The lowest BCUT2D eigenvalue weighted by Gasteiger charge is -2.21. The van der Waals surface area contributed by atoms with Gasteiger partial charge in [0.15, 0.2) is 0 Å². The fourth-order valence-electron chi connectivity index (χ4n) is 3.84. The third-order valence-electron chi connectivity index (χ3n) is 5.40. The van der Waals surface area contributed by atoms with Gasteiger partial charge in [-0.25, -0.2) is 4.79 Å². The van der Waals surface area contributed by atoms with Crippen LogP contribution >= 0.6 is 0 Å². The Kier molecular flexibility index (Phi) is 6.08. The minimum atomic E-state index is -1.05. The summed E-state index contributed by atoms with van der Waals surface area (Å²) < 4.78 is 0. The molecule has 4 aromatic carbocycles. The Labute approximate surface area is 181 Å². The zero-order valence-corrected chi connectivity index (χ0v) is 16.9. The van der Waals surface area contributed by atoms with E-state index in [-0.39, 0.29) is 12.3 Å². The summed E-state index contributed by atoms with van der Waals surface area (Å²) in [4.78, 5) is 25.3. The molecule has 2 N–H and O–H groups in total. The van der Waals surface area contributed by atoms with Gasteiger partial charge in [0, 0.05) is 6.42 Å². The van der Waals surface area contributed by atoms with Crippen LogP contribution in [-0.4, -0.2) is 23.0 Å². The average Bonchev–Trinajstić information content (AvgIpc) is 2.80. The minimum Gasteiger partial charge on any atom is -0.480 e. The molecule has 0 spiro atoms. The van der Waals surface area contributed by atoms with E-state index in [0.717, 1.165) is 27.5 Å². The molecule has 31 heavy (non-hydrogen) atoms. The summed E-state index contributed by atoms with van der Waals surface area (Å²) in [6.07, 6.45) is 0.211. The Morgan fingerprint density at radius 1 is 0.710 bits per heavy atom. The van der Waals surface area contributed by atoms with E-state index >= 15 is 0 Å². The van der Waals surface area contributed by atoms with E-state index in [0.29, 0.717) is 0 Å². The van der Waals surface area contributed by atoms with Gasteiger partial charge in [-0.15, -0.1) is 0 Å². The third-order valence-corrected chi connectivity index (χ3v) is 5.40. The molecule has 0 aromatic heterocycles. The van der Waals surface area contributed by atoms with Crippen LogP contribution in [0.15, 0.2) is 103 Å². The van der Waals surface area contributed by atoms with Crippen LogP contribution in [0.25, 0.3) is 10.8 Å². The van der Waals surface area contributed by atoms with Gasteiger partial charge >= 0.3 is 5.97 Å². The largest absolute Gasteiger partial charge is 0.480 e. The molecule has 0 bridgehead atoms. The predicted octanol–water partition coefficient (Wildman–Crippen LogP) is 4.78. The molecular formula is C27H23NO3. The number of nitrogens with one attached hydrogen (secondary N) is 1. The maximum absolute atomic E-state index is 13.3. The molecule has 0 aliphatic rings. The highest BCUT2D eigenvalue weighted by atomic mass is 16.4. The van der Waals surface area contributed by atoms with Crippen LogP contribution in [0.4, 0.5) is 0 Å². The number of carboxylic acids is 1. The van der Waals surface area contributed by atoms with Gasteiger partial charge in [0.2, 0.25) is 5.91 Å². The summed E-state index contributed by atoms with van der Waals surface area (Å²) in [6, 6.07) is 31.6. The van der Waals surface area contributed by atoms with Crippen molar-refractivity contribution in [2.45, 2.75) is 18.4 Å². The number of hydrogen-bond acceptors (Lipinski definition) is 2. The first kappa shape index (κ1) is 20.4. The zero-order chi connectivity index (χ0) is 21.6. The molecule has 154 valence electrons. The van der Waals surface area contributed by atoms with Crippen LogP contribution in [0.2, 0.25) is 0 Å². The van der Waals surface area contributed by atoms with Gasteiger partial charge in [-0.1, -0.05) is 103 Å². The van der Waals surface area contributed by atoms with E-state index in [1.165, 1.54) is 0 Å². The van der Waals surface area contributed by atoms with E-state index in [2.05, 4.69) is 5.32 Å². The molecule has 0 aliphatic heterocycles. The quantitative estimate of drug-likeness (QED) is 0.461. The van der Waals surface area contributed by atoms with Gasteiger partial charge in [-0.05, 0) is 27.5 Å². The van der Waals surface area contributed by atoms with Crippen molar-refractivity contribution in [1.82, 2.24) is 5.32 Å². The number of hydrogen-bond donors (Lipinski definition) is 2. The topological polar surface area (TPSA) is 66.4 Å². The fourth-order valence-corrected chi connectivity index (χ4v) is 3.84. The lowest BCUT2D eigenvalue weighted by molar-refractivity contribution is -0.141. The third kappa shape index (κ3) is 4.81. The summed E-state index contributed by atoms with van der Waals surface area (Å²) in [6.45, 7) is 0. The van der Waals surface area contributed by atoms with Crippen molar-refractivity contribution in [3.05, 3.63) is 120 Å². The lowest BCUT2D eigenvalue weighted by atomic mass is 9.90. The van der Waals surface area contributed by atoms with Crippen molar-refractivity contribution in [2.75, 3.05) is 0 Å². The van der Waals surface area contributed by atoms with E-state index < -0.39 is 17.9 Å². The normalized spacial score (nSPS) is 11.9. The molecule has 0 fully saturated rings. The van der Waals surface area contributed by atoms with Gasteiger partial charge in [0.25, 0.3) is 0 Å². The molecule has 0 saturated carbocycles. The summed E-state index contributed by atoms with van der Waals surface area (Å²) >= 11 is 0. The highest BCUT2D eigenvalue weighted by Crippen LogP contribution is 2.25. The van der Waals surface area contributed by atoms with Gasteiger partial charge in [-0.2, -0.15) is 0 Å². The van der Waals surface area contributed by atoms with Gasteiger partial charge in [-0.3, -0.25) is 4.79 Å². The molecule has 4 aromatic rings. The van der Waals surface area contributed by atoms with Crippen molar-refractivity contribution in [3.63, 3.8) is 0 Å². The van der Waals surface area contributed by atoms with Crippen LogP contribution in [-0.2, 0) is 16.0 Å². The first-order valence-corrected chi connectivity index (χ1v) is 10.2. The number of aliphatic carboxylic acids is 1. The summed E-state index contributed by atoms with van der Waals surface area (Å²) in [5.74, 6) is -1.96. The Balaban J connectivity index is 1.59. The standard InChI is InChI=1S/C27H23NO3/c29-26(25(21-10-3-1-4-11-21)22-12-5-2-6-13-22)28-24(27(30)31)18-19-15-16-20-9-7-8-14-23(20)17-19/h1-17,24-25H,18H2,(H,28,29)(H,30,31)/t24-/m1/s1. The second-order valence-corrected chi connectivity index (χ2v) is 7.54.